The van der Waals surface area contributed by atoms with Gasteiger partial charge in [-0.05, 0) is 68.3 Å². The van der Waals surface area contributed by atoms with Crippen LogP contribution in [0.3, 0.4) is 0 Å². The Morgan fingerprint density at radius 2 is 1.76 bits per heavy atom. The molecule has 240 valence electrons. The Hall–Kier alpha value is -4.29. The predicted octanol–water partition coefficient (Wildman–Crippen LogP) is 7.35. The molecule has 0 amide bonds. The summed E-state index contributed by atoms with van der Waals surface area (Å²) in [4.78, 5) is 14.3. The van der Waals surface area contributed by atoms with Crippen LogP contribution >= 0.6 is 23.2 Å². The van der Waals surface area contributed by atoms with Crippen molar-refractivity contribution < 1.29 is 31.7 Å². The Bertz CT molecular complexity index is 2090. The quantitative estimate of drug-likeness (QED) is 0.0450. The Balaban J connectivity index is 1.40. The number of aryl methyl sites for hydroxylation is 1. The number of fused-ring (bicyclic) bond motifs is 2. The van der Waals surface area contributed by atoms with Crippen molar-refractivity contribution >= 4 is 61.6 Å². The van der Waals surface area contributed by atoms with Gasteiger partial charge >= 0.3 is 5.97 Å². The predicted molar refractivity (Wildman–Crippen MR) is 179 cm³/mol. The van der Waals surface area contributed by atoms with Crippen molar-refractivity contribution in [2.24, 2.45) is 0 Å². The van der Waals surface area contributed by atoms with Crippen molar-refractivity contribution in [3.63, 3.8) is 0 Å². The highest BCUT2D eigenvalue weighted by atomic mass is 35.5. The summed E-state index contributed by atoms with van der Waals surface area (Å²) in [5.41, 5.74) is 11.7. The first-order valence-corrected chi connectivity index (χ1v) is 16.4. The topological polar surface area (TPSA) is 156 Å². The molecule has 10 nitrogen and oxygen atoms in total. The fourth-order valence-corrected chi connectivity index (χ4v) is 6.62. The molecule has 0 spiro atoms. The van der Waals surface area contributed by atoms with E-state index in [0.717, 1.165) is 45.5 Å². The minimum absolute atomic E-state index is 0.0318. The number of nitrogens with zero attached hydrogens (tertiary/aromatic N) is 1. The van der Waals surface area contributed by atoms with Crippen LogP contribution in [0.4, 0.5) is 11.4 Å². The summed E-state index contributed by atoms with van der Waals surface area (Å²) < 4.78 is 49.5. The van der Waals surface area contributed by atoms with E-state index >= 15 is 0 Å². The lowest BCUT2D eigenvalue weighted by molar-refractivity contribution is -0.134. The number of halogens is 2. The molecule has 0 atom stereocenters. The first-order chi connectivity index (χ1) is 21.8. The normalized spacial score (nSPS) is 11.6. The molecule has 3 aromatic rings. The number of carbonyl (C=O) groups is 1. The largest absolute Gasteiger partial charge is 0.496 e. The Kier molecular flexibility index (Phi) is 9.50. The van der Waals surface area contributed by atoms with Crippen LogP contribution in [0, 0.1) is 12.3 Å². The van der Waals surface area contributed by atoms with Gasteiger partial charge in [-0.15, -0.1) is 0 Å². The zero-order valence-electron chi connectivity index (χ0n) is 25.2. The van der Waals surface area contributed by atoms with Gasteiger partial charge < -0.3 is 29.9 Å². The number of nitrogens with one attached hydrogen (secondary N) is 1. The lowest BCUT2D eigenvalue weighted by atomic mass is 9.91. The van der Waals surface area contributed by atoms with Crippen LogP contribution in [0.5, 0.6) is 11.5 Å². The van der Waals surface area contributed by atoms with Crippen molar-refractivity contribution in [1.29, 1.82) is 5.41 Å². The van der Waals surface area contributed by atoms with Crippen LogP contribution in [0.15, 0.2) is 70.0 Å². The standard InChI is InChI=1S/C33H31Cl2N3O7S/c1-4-38(11-5-6-31(39)45-33-25(34)15-21(16-26(33)35)46(40,41)42)27-17-28(43-3)24(12-18(27)2)32-22-9-7-19(36)13-29(22)44-30-14-20(37)8-10-23(30)32/h7-10,12-17,36H,4-6,11,37H2,1-3H3,(H,40,41,42). The number of benzene rings is 4. The van der Waals surface area contributed by atoms with Gasteiger partial charge in [-0.3, -0.25) is 9.35 Å². The highest BCUT2D eigenvalue weighted by Crippen LogP contribution is 2.45. The van der Waals surface area contributed by atoms with Gasteiger partial charge in [0.05, 0.1) is 27.4 Å². The van der Waals surface area contributed by atoms with Gasteiger partial charge in [-0.1, -0.05) is 23.2 Å². The van der Waals surface area contributed by atoms with Crippen LogP contribution in [-0.4, -0.2) is 39.1 Å². The molecule has 0 fully saturated rings. The van der Waals surface area contributed by atoms with E-state index in [1.807, 2.05) is 38.1 Å². The van der Waals surface area contributed by atoms with Crippen molar-refractivity contribution in [2.75, 3.05) is 30.8 Å². The molecule has 0 unspecified atom stereocenters. The van der Waals surface area contributed by atoms with Gasteiger partial charge in [0.15, 0.2) is 5.75 Å². The third-order valence-electron chi connectivity index (χ3n) is 7.55. The maximum atomic E-state index is 12.7. The fourth-order valence-electron chi connectivity index (χ4n) is 5.39. The summed E-state index contributed by atoms with van der Waals surface area (Å²) in [5, 5.41) is 8.85. The minimum atomic E-state index is -4.54. The Morgan fingerprint density at radius 3 is 2.41 bits per heavy atom. The van der Waals surface area contributed by atoms with Crippen molar-refractivity contribution in [1.82, 2.24) is 0 Å². The summed E-state index contributed by atoms with van der Waals surface area (Å²) >= 11 is 12.2. The molecule has 1 aliphatic heterocycles. The van der Waals surface area contributed by atoms with Crippen LogP contribution in [-0.2, 0) is 14.9 Å². The first kappa shape index (κ1) is 33.1. The number of hydrogen-bond donors (Lipinski definition) is 3. The van der Waals surface area contributed by atoms with E-state index in [4.69, 9.17) is 48.2 Å². The summed E-state index contributed by atoms with van der Waals surface area (Å²) in [6.07, 6.45) is 0.463. The van der Waals surface area contributed by atoms with Gasteiger partial charge in [-0.2, -0.15) is 8.42 Å². The lowest BCUT2D eigenvalue weighted by Crippen LogP contribution is -2.25. The average molecular weight is 685 g/mol. The van der Waals surface area contributed by atoms with Crippen molar-refractivity contribution in [3.8, 4) is 33.9 Å². The van der Waals surface area contributed by atoms with Gasteiger partial charge in [0, 0.05) is 71.2 Å². The molecule has 0 bridgehead atoms. The smallest absolute Gasteiger partial charge is 0.311 e. The highest BCUT2D eigenvalue weighted by Gasteiger charge is 2.23. The van der Waals surface area contributed by atoms with Gasteiger partial charge in [-0.25, -0.2) is 0 Å². The molecular weight excluding hydrogens is 653 g/mol. The van der Waals surface area contributed by atoms with E-state index in [1.54, 1.807) is 25.3 Å². The zero-order chi connectivity index (χ0) is 33.3. The van der Waals surface area contributed by atoms with Gasteiger partial charge in [0.25, 0.3) is 10.1 Å². The second kappa shape index (κ2) is 13.2. The summed E-state index contributed by atoms with van der Waals surface area (Å²) in [5.74, 6) is 0.411. The SMILES string of the molecule is CCN(CCCC(=O)Oc1c(Cl)cc(S(=O)(=O)O)cc1Cl)c1cc(OC)c(-c2c3ccc(=N)cc-3oc3cc(N)ccc23)cc1C. The number of nitrogens with two attached hydrogens (primary N) is 1. The summed E-state index contributed by atoms with van der Waals surface area (Å²) in [6, 6.07) is 16.7. The molecule has 5 rings (SSSR count). The monoisotopic (exact) mass is 683 g/mol. The first-order valence-electron chi connectivity index (χ1n) is 14.2. The number of esters is 1. The number of rotatable bonds is 10. The molecule has 0 radical (unpaired) electrons. The molecule has 4 N–H and O–H groups in total. The van der Waals surface area contributed by atoms with E-state index < -0.39 is 21.0 Å². The molecule has 0 saturated heterocycles. The third-order valence-corrected chi connectivity index (χ3v) is 8.94. The van der Waals surface area contributed by atoms with E-state index in [9.17, 15) is 17.8 Å². The number of hydrogen-bond acceptors (Lipinski definition) is 9. The van der Waals surface area contributed by atoms with Crippen LogP contribution < -0.4 is 25.5 Å². The van der Waals surface area contributed by atoms with Gasteiger partial charge in [0.1, 0.15) is 17.1 Å². The number of methoxy groups -OCH3 is 1. The molecule has 3 aromatic carbocycles. The summed E-state index contributed by atoms with van der Waals surface area (Å²) in [6.45, 7) is 5.18. The van der Waals surface area contributed by atoms with Crippen molar-refractivity contribution in [2.45, 2.75) is 31.6 Å². The third kappa shape index (κ3) is 6.78. The molecule has 2 aliphatic rings. The zero-order valence-corrected chi connectivity index (χ0v) is 27.5. The Labute approximate surface area is 275 Å². The average Bonchev–Trinajstić information content (AvgIpc) is 2.99. The molecule has 1 aliphatic carbocycles. The van der Waals surface area contributed by atoms with E-state index in [0.29, 0.717) is 47.6 Å². The van der Waals surface area contributed by atoms with Gasteiger partial charge in [0.2, 0.25) is 0 Å². The van der Waals surface area contributed by atoms with E-state index in [-0.39, 0.29) is 22.2 Å². The molecule has 0 aromatic heterocycles. The summed E-state index contributed by atoms with van der Waals surface area (Å²) in [7, 11) is -2.92. The number of nitrogen functional groups attached to an aromatic ring is 1. The lowest BCUT2D eigenvalue weighted by Gasteiger charge is -2.27. The number of ether oxygens (including phenoxy) is 2. The van der Waals surface area contributed by atoms with E-state index in [1.165, 1.54) is 0 Å². The van der Waals surface area contributed by atoms with E-state index in [2.05, 4.69) is 11.0 Å². The second-order valence-electron chi connectivity index (χ2n) is 10.6. The van der Waals surface area contributed by atoms with Crippen molar-refractivity contribution in [3.05, 3.63) is 81.6 Å². The number of carbonyl (C=O) groups excluding carboxylic acids is 1. The second-order valence-corrected chi connectivity index (χ2v) is 12.9. The van der Waals surface area contributed by atoms with Crippen LogP contribution in [0.1, 0.15) is 25.3 Å². The molecular formula is C33H31Cl2N3O7S. The molecule has 13 heteroatoms. The number of anilines is 2. The Morgan fingerprint density at radius 1 is 1.04 bits per heavy atom. The minimum Gasteiger partial charge on any atom is -0.496 e. The highest BCUT2D eigenvalue weighted by molar-refractivity contribution is 7.85. The molecule has 1 heterocycles. The maximum Gasteiger partial charge on any atom is 0.311 e. The maximum absolute atomic E-state index is 12.7. The molecule has 0 saturated carbocycles. The van der Waals surface area contributed by atoms with Crippen LogP contribution in [0.2, 0.25) is 10.0 Å². The van der Waals surface area contributed by atoms with Crippen LogP contribution in [0.25, 0.3) is 33.4 Å². The fraction of sp³-hybridized carbons (Fsp3) is 0.212. The molecule has 46 heavy (non-hydrogen) atoms.